The van der Waals surface area contributed by atoms with Crippen molar-refractivity contribution in [2.45, 2.75) is 19.4 Å². The highest BCUT2D eigenvalue weighted by atomic mass is 16.1. The Balaban J connectivity index is 1.49. The summed E-state index contributed by atoms with van der Waals surface area (Å²) in [4.78, 5) is 16.9. The van der Waals surface area contributed by atoms with Crippen molar-refractivity contribution < 1.29 is 4.79 Å². The largest absolute Gasteiger partial charge is 0.383 e. The second-order valence-electron chi connectivity index (χ2n) is 6.24. The van der Waals surface area contributed by atoms with Gasteiger partial charge in [0.2, 0.25) is 0 Å². The smallest absolute Gasteiger partial charge is 0.251 e. The Labute approximate surface area is 145 Å². The minimum Gasteiger partial charge on any atom is -0.383 e. The highest BCUT2D eigenvalue weighted by Gasteiger charge is 2.20. The van der Waals surface area contributed by atoms with Gasteiger partial charge in [-0.25, -0.2) is 4.98 Å². The number of fused-ring (bicyclic) bond motifs is 1. The summed E-state index contributed by atoms with van der Waals surface area (Å²) in [7, 11) is 0. The number of benzene rings is 2. The Morgan fingerprint density at radius 3 is 2.92 bits per heavy atom. The van der Waals surface area contributed by atoms with Crippen LogP contribution in [0.4, 0.5) is 5.69 Å². The molecule has 0 radical (unpaired) electrons. The van der Waals surface area contributed by atoms with Gasteiger partial charge in [-0.1, -0.05) is 30.3 Å². The summed E-state index contributed by atoms with van der Waals surface area (Å²) < 4.78 is 0. The van der Waals surface area contributed by atoms with Gasteiger partial charge in [0.15, 0.2) is 5.82 Å². The maximum Gasteiger partial charge on any atom is 0.251 e. The predicted molar refractivity (Wildman–Crippen MR) is 96.4 cm³/mol. The average molecular weight is 333 g/mol. The number of anilines is 1. The maximum atomic E-state index is 12.6. The van der Waals surface area contributed by atoms with Crippen LogP contribution in [0.25, 0.3) is 11.4 Å². The molecule has 25 heavy (non-hydrogen) atoms. The molecule has 0 fully saturated rings. The van der Waals surface area contributed by atoms with E-state index >= 15 is 0 Å². The number of hydrogen-bond donors (Lipinski definition) is 3. The predicted octanol–water partition coefficient (Wildman–Crippen LogP) is 2.55. The van der Waals surface area contributed by atoms with E-state index in [1.165, 1.54) is 5.56 Å². The van der Waals surface area contributed by atoms with Crippen molar-refractivity contribution in [1.82, 2.24) is 20.5 Å². The fourth-order valence-electron chi connectivity index (χ4n) is 3.08. The minimum absolute atomic E-state index is 0.0665. The average Bonchev–Trinajstić information content (AvgIpc) is 3.08. The topological polar surface area (TPSA) is 82.7 Å². The van der Waals surface area contributed by atoms with Crippen LogP contribution in [0.1, 0.15) is 21.7 Å². The van der Waals surface area contributed by atoms with Crippen LogP contribution in [0, 0.1) is 6.92 Å². The molecule has 1 atom stereocenters. The molecule has 2 heterocycles. The first kappa shape index (κ1) is 15.4. The number of aromatic nitrogens is 3. The number of amides is 1. The summed E-state index contributed by atoms with van der Waals surface area (Å²) in [6.07, 6.45) is 0.828. The molecule has 1 aromatic heterocycles. The molecule has 0 bridgehead atoms. The lowest BCUT2D eigenvalue weighted by atomic mass is 9.99. The molecule has 2 aromatic carbocycles. The maximum absolute atomic E-state index is 12.6. The van der Waals surface area contributed by atoms with Crippen molar-refractivity contribution in [1.29, 1.82) is 0 Å². The van der Waals surface area contributed by atoms with E-state index in [0.717, 1.165) is 30.0 Å². The third-order valence-corrected chi connectivity index (χ3v) is 4.34. The number of para-hydroxylation sites is 1. The fourth-order valence-corrected chi connectivity index (χ4v) is 3.08. The van der Waals surface area contributed by atoms with Crippen LogP contribution in [0.15, 0.2) is 48.5 Å². The molecule has 126 valence electrons. The summed E-state index contributed by atoms with van der Waals surface area (Å²) in [6.45, 7) is 2.57. The number of H-pyrrole nitrogens is 1. The van der Waals surface area contributed by atoms with Crippen LogP contribution in [0.2, 0.25) is 0 Å². The third-order valence-electron chi connectivity index (χ3n) is 4.34. The highest BCUT2D eigenvalue weighted by Crippen LogP contribution is 2.21. The van der Waals surface area contributed by atoms with E-state index in [1.54, 1.807) is 0 Å². The molecular formula is C19H19N5O. The Kier molecular flexibility index (Phi) is 3.93. The van der Waals surface area contributed by atoms with Gasteiger partial charge in [0.25, 0.3) is 5.91 Å². The Morgan fingerprint density at radius 1 is 1.20 bits per heavy atom. The lowest BCUT2D eigenvalue weighted by Crippen LogP contribution is -2.43. The van der Waals surface area contributed by atoms with Gasteiger partial charge in [0.05, 0.1) is 6.04 Å². The number of aryl methyl sites for hydroxylation is 1. The number of hydrogen-bond acceptors (Lipinski definition) is 4. The standard InChI is InChI=1S/C19H19N5O/c1-12-21-18(24-23-12)14-6-4-7-15(9-14)19(25)22-16-10-13-5-2-3-8-17(13)20-11-16/h2-9,16,20H,10-11H2,1H3,(H,22,25)(H,21,23,24). The van der Waals surface area contributed by atoms with Crippen molar-refractivity contribution in [2.24, 2.45) is 0 Å². The molecule has 1 aliphatic heterocycles. The van der Waals surface area contributed by atoms with Gasteiger partial charge in [0.1, 0.15) is 5.82 Å². The molecule has 1 aliphatic rings. The summed E-state index contributed by atoms with van der Waals surface area (Å²) in [5, 5.41) is 13.5. The summed E-state index contributed by atoms with van der Waals surface area (Å²) in [5.74, 6) is 1.26. The SMILES string of the molecule is Cc1nc(-c2cccc(C(=O)NC3CNc4ccccc4C3)c2)n[nH]1. The first-order valence-corrected chi connectivity index (χ1v) is 8.31. The molecule has 3 N–H and O–H groups in total. The lowest BCUT2D eigenvalue weighted by Gasteiger charge is -2.27. The van der Waals surface area contributed by atoms with Crippen LogP contribution >= 0.6 is 0 Å². The van der Waals surface area contributed by atoms with Crippen molar-refractivity contribution in [3.63, 3.8) is 0 Å². The first-order chi connectivity index (χ1) is 12.2. The van der Waals surface area contributed by atoms with Crippen molar-refractivity contribution >= 4 is 11.6 Å². The fraction of sp³-hybridized carbons (Fsp3) is 0.211. The molecule has 4 rings (SSSR count). The van der Waals surface area contributed by atoms with Crippen LogP contribution in [0.5, 0.6) is 0 Å². The first-order valence-electron chi connectivity index (χ1n) is 8.31. The molecule has 6 nitrogen and oxygen atoms in total. The number of rotatable bonds is 3. The Bertz CT molecular complexity index is 917. The van der Waals surface area contributed by atoms with E-state index in [9.17, 15) is 4.79 Å². The van der Waals surface area contributed by atoms with E-state index in [0.29, 0.717) is 11.4 Å². The van der Waals surface area contributed by atoms with Gasteiger partial charge >= 0.3 is 0 Å². The number of carbonyl (C=O) groups excluding carboxylic acids is 1. The summed E-state index contributed by atoms with van der Waals surface area (Å²) in [6, 6.07) is 15.6. The Hall–Kier alpha value is -3.15. The zero-order chi connectivity index (χ0) is 17.2. The van der Waals surface area contributed by atoms with E-state index in [2.05, 4.69) is 37.9 Å². The molecule has 3 aromatic rings. The Morgan fingerprint density at radius 2 is 2.08 bits per heavy atom. The highest BCUT2D eigenvalue weighted by molar-refractivity contribution is 5.95. The second kappa shape index (κ2) is 6.39. The molecule has 0 aliphatic carbocycles. The molecule has 0 saturated heterocycles. The van der Waals surface area contributed by atoms with Crippen molar-refractivity contribution in [3.05, 3.63) is 65.5 Å². The normalized spacial score (nSPS) is 16.0. The van der Waals surface area contributed by atoms with E-state index < -0.39 is 0 Å². The van der Waals surface area contributed by atoms with E-state index in [4.69, 9.17) is 0 Å². The number of nitrogens with one attached hydrogen (secondary N) is 3. The molecule has 0 saturated carbocycles. The van der Waals surface area contributed by atoms with Gasteiger partial charge in [-0.05, 0) is 37.1 Å². The molecule has 6 heteroatoms. The van der Waals surface area contributed by atoms with Gasteiger partial charge in [-0.2, -0.15) is 5.10 Å². The van der Waals surface area contributed by atoms with Crippen molar-refractivity contribution in [2.75, 3.05) is 11.9 Å². The van der Waals surface area contributed by atoms with E-state index in [-0.39, 0.29) is 11.9 Å². The summed E-state index contributed by atoms with van der Waals surface area (Å²) >= 11 is 0. The zero-order valence-electron chi connectivity index (χ0n) is 13.9. The molecule has 1 unspecified atom stereocenters. The van der Waals surface area contributed by atoms with Gasteiger partial charge in [-0.15, -0.1) is 0 Å². The second-order valence-corrected chi connectivity index (χ2v) is 6.24. The van der Waals surface area contributed by atoms with Gasteiger partial charge in [0, 0.05) is 23.4 Å². The van der Waals surface area contributed by atoms with E-state index in [1.807, 2.05) is 43.3 Å². The summed E-state index contributed by atoms with van der Waals surface area (Å²) in [5.41, 5.74) is 3.81. The zero-order valence-corrected chi connectivity index (χ0v) is 13.9. The van der Waals surface area contributed by atoms with Crippen LogP contribution < -0.4 is 10.6 Å². The third kappa shape index (κ3) is 3.24. The number of carbonyl (C=O) groups is 1. The quantitative estimate of drug-likeness (QED) is 0.688. The molecular weight excluding hydrogens is 314 g/mol. The van der Waals surface area contributed by atoms with Crippen molar-refractivity contribution in [3.8, 4) is 11.4 Å². The number of aromatic amines is 1. The van der Waals surface area contributed by atoms with Gasteiger partial charge < -0.3 is 10.6 Å². The molecule has 1 amide bonds. The van der Waals surface area contributed by atoms with Gasteiger partial charge in [-0.3, -0.25) is 9.89 Å². The van der Waals surface area contributed by atoms with Crippen LogP contribution in [0.3, 0.4) is 0 Å². The van der Waals surface area contributed by atoms with Crippen LogP contribution in [-0.4, -0.2) is 33.7 Å². The lowest BCUT2D eigenvalue weighted by molar-refractivity contribution is 0.0938. The monoisotopic (exact) mass is 333 g/mol. The minimum atomic E-state index is -0.0831. The van der Waals surface area contributed by atoms with Crippen LogP contribution in [-0.2, 0) is 6.42 Å². The number of nitrogens with zero attached hydrogens (tertiary/aromatic N) is 2. The molecule has 0 spiro atoms.